The molecule has 0 spiro atoms. The first-order valence-electron chi connectivity index (χ1n) is 11.5. The Balaban J connectivity index is 1.36. The number of hydrogen-bond donors (Lipinski definition) is 3. The maximum atomic E-state index is 14.3. The van der Waals surface area contributed by atoms with Crippen LogP contribution in [0.25, 0.3) is 0 Å². The van der Waals surface area contributed by atoms with E-state index >= 15 is 0 Å². The van der Waals surface area contributed by atoms with E-state index < -0.39 is 24.4 Å². The van der Waals surface area contributed by atoms with Crippen LogP contribution in [0.4, 0.5) is 10.4 Å². The number of nitrogens with one attached hydrogen (secondary N) is 1. The highest BCUT2D eigenvalue weighted by molar-refractivity contribution is 5.94. The molecule has 2 aromatic rings. The average molecular weight is 465 g/mol. The molecule has 1 atom stereocenters. The molecule has 1 amide bonds. The number of piperidine rings is 1. The second-order valence-corrected chi connectivity index (χ2v) is 8.70. The van der Waals surface area contributed by atoms with Crippen LogP contribution in [0.1, 0.15) is 61.6 Å². The maximum absolute atomic E-state index is 14.3. The van der Waals surface area contributed by atoms with Crippen LogP contribution in [0, 0.1) is 11.7 Å². The summed E-state index contributed by atoms with van der Waals surface area (Å²) in [4.78, 5) is 18.6. The molecule has 33 heavy (non-hydrogen) atoms. The van der Waals surface area contributed by atoms with E-state index in [9.17, 15) is 14.3 Å². The molecule has 0 aliphatic carbocycles. The van der Waals surface area contributed by atoms with Gasteiger partial charge in [0.2, 0.25) is 0 Å². The average Bonchev–Trinajstić information content (AvgIpc) is 3.31. The number of aliphatic hydroxyl groups excluding tert-OH is 2. The minimum atomic E-state index is -1.08. The van der Waals surface area contributed by atoms with Crippen molar-refractivity contribution in [3.05, 3.63) is 35.4 Å². The summed E-state index contributed by atoms with van der Waals surface area (Å²) in [7, 11) is 0. The van der Waals surface area contributed by atoms with Crippen molar-refractivity contribution in [1.82, 2.24) is 15.5 Å². The number of hydrogen-bond acceptors (Lipinski definition) is 8. The minimum absolute atomic E-state index is 0.138. The Hall–Kier alpha value is -2.72. The molecule has 1 aromatic carbocycles. The summed E-state index contributed by atoms with van der Waals surface area (Å²) < 4.78 is 25.3. The van der Waals surface area contributed by atoms with Gasteiger partial charge in [0.1, 0.15) is 11.6 Å². The lowest BCUT2D eigenvalue weighted by Crippen LogP contribution is -2.34. The number of ether oxygens (including phenoxy) is 1. The Morgan fingerprint density at radius 2 is 2.12 bits per heavy atom. The number of carbonyl (C=O) groups excluding carboxylic acids is 1. The Morgan fingerprint density at radius 1 is 1.36 bits per heavy atom. The van der Waals surface area contributed by atoms with E-state index in [2.05, 4.69) is 20.4 Å². The summed E-state index contributed by atoms with van der Waals surface area (Å²) in [6, 6.07) is 4.69. The highest BCUT2D eigenvalue weighted by atomic mass is 19.1. The molecule has 10 heteroatoms. The topological polar surface area (TPSA) is 121 Å². The zero-order valence-corrected chi connectivity index (χ0v) is 19.2. The van der Waals surface area contributed by atoms with Gasteiger partial charge in [0.25, 0.3) is 5.91 Å². The molecule has 2 heterocycles. The predicted octanol–water partition coefficient (Wildman–Crippen LogP) is 2.49. The fourth-order valence-corrected chi connectivity index (χ4v) is 3.70. The van der Waals surface area contributed by atoms with Gasteiger partial charge in [0, 0.05) is 31.6 Å². The summed E-state index contributed by atoms with van der Waals surface area (Å²) in [6.45, 7) is 5.68. The van der Waals surface area contributed by atoms with Gasteiger partial charge < -0.3 is 29.7 Å². The van der Waals surface area contributed by atoms with Crippen LogP contribution in [-0.4, -0.2) is 65.2 Å². The third kappa shape index (κ3) is 7.13. The molecule has 3 rings (SSSR count). The number of aliphatic hydroxyl groups is 2. The van der Waals surface area contributed by atoms with Crippen molar-refractivity contribution in [2.24, 2.45) is 5.92 Å². The molecule has 0 radical (unpaired) electrons. The van der Waals surface area contributed by atoms with Crippen LogP contribution in [0.5, 0.6) is 5.75 Å². The van der Waals surface area contributed by atoms with Crippen molar-refractivity contribution in [3.8, 4) is 5.75 Å². The van der Waals surface area contributed by atoms with Crippen LogP contribution < -0.4 is 15.0 Å². The molecular formula is C23H33FN4O5. The second-order valence-electron chi connectivity index (χ2n) is 8.70. The Bertz CT molecular complexity index is 899. The number of amides is 1. The standard InChI is InChI=1S/C23H33FN4O5/c1-15(2)21-26-23(33-27-21)28-9-7-16(8-10-28)4-3-11-32-18-5-6-19(20(24)12-18)22(31)25-13-17(30)14-29/h5-6,12,15-17,29-30H,3-4,7-11,13-14H2,1-2H3,(H,25,31)/t17-/m1/s1. The molecule has 1 aromatic heterocycles. The zero-order valence-electron chi connectivity index (χ0n) is 19.2. The lowest BCUT2D eigenvalue weighted by atomic mass is 9.92. The molecule has 182 valence electrons. The first-order chi connectivity index (χ1) is 15.9. The van der Waals surface area contributed by atoms with E-state index in [-0.39, 0.29) is 18.0 Å². The van der Waals surface area contributed by atoms with Gasteiger partial charge >= 0.3 is 6.01 Å². The number of benzene rings is 1. The monoisotopic (exact) mass is 464 g/mol. The van der Waals surface area contributed by atoms with E-state index in [1.807, 2.05) is 13.8 Å². The zero-order chi connectivity index (χ0) is 23.8. The summed E-state index contributed by atoms with van der Waals surface area (Å²) in [5.74, 6) is 0.583. The predicted molar refractivity (Wildman–Crippen MR) is 120 cm³/mol. The van der Waals surface area contributed by atoms with Crippen LogP contribution in [0.3, 0.4) is 0 Å². The van der Waals surface area contributed by atoms with E-state index in [1.165, 1.54) is 12.1 Å². The third-order valence-corrected chi connectivity index (χ3v) is 5.75. The van der Waals surface area contributed by atoms with E-state index in [0.29, 0.717) is 24.3 Å². The Labute approximate surface area is 192 Å². The SMILES string of the molecule is CC(C)c1noc(N2CCC(CCCOc3ccc(C(=O)NC[C@@H](O)CO)c(F)c3)CC2)n1. The largest absolute Gasteiger partial charge is 0.493 e. The smallest absolute Gasteiger partial charge is 0.324 e. The van der Waals surface area contributed by atoms with Crippen LogP contribution >= 0.6 is 0 Å². The van der Waals surface area contributed by atoms with Gasteiger partial charge in [-0.1, -0.05) is 19.0 Å². The number of halogens is 1. The molecular weight excluding hydrogens is 431 g/mol. The number of rotatable bonds is 11. The van der Waals surface area contributed by atoms with Crippen molar-refractivity contribution in [2.45, 2.75) is 51.6 Å². The molecule has 3 N–H and O–H groups in total. The first kappa shape index (κ1) is 24.9. The van der Waals surface area contributed by atoms with Crippen molar-refractivity contribution in [3.63, 3.8) is 0 Å². The van der Waals surface area contributed by atoms with Gasteiger partial charge in [0.15, 0.2) is 5.82 Å². The number of aromatic nitrogens is 2. The molecule has 1 saturated heterocycles. The van der Waals surface area contributed by atoms with Crippen molar-refractivity contribution in [1.29, 1.82) is 0 Å². The normalized spacial score (nSPS) is 15.6. The van der Waals surface area contributed by atoms with Gasteiger partial charge in [-0.3, -0.25) is 4.79 Å². The van der Waals surface area contributed by atoms with Gasteiger partial charge in [-0.15, -0.1) is 0 Å². The van der Waals surface area contributed by atoms with Crippen LogP contribution in [0.15, 0.2) is 22.7 Å². The number of carbonyl (C=O) groups is 1. The van der Waals surface area contributed by atoms with Crippen LogP contribution in [0.2, 0.25) is 0 Å². The fraction of sp³-hybridized carbons (Fsp3) is 0.609. The molecule has 0 bridgehead atoms. The molecule has 9 nitrogen and oxygen atoms in total. The highest BCUT2D eigenvalue weighted by Gasteiger charge is 2.23. The van der Waals surface area contributed by atoms with Gasteiger partial charge in [-0.05, 0) is 43.7 Å². The molecule has 1 aliphatic heterocycles. The Morgan fingerprint density at radius 3 is 2.76 bits per heavy atom. The lowest BCUT2D eigenvalue weighted by molar-refractivity contribution is 0.0799. The van der Waals surface area contributed by atoms with E-state index in [4.69, 9.17) is 14.4 Å². The summed E-state index contributed by atoms with van der Waals surface area (Å²) in [5, 5.41) is 24.4. The van der Waals surface area contributed by atoms with Crippen molar-refractivity contribution in [2.75, 3.05) is 37.7 Å². The summed E-state index contributed by atoms with van der Waals surface area (Å²) in [6.07, 6.45) is 2.88. The third-order valence-electron chi connectivity index (χ3n) is 5.75. The maximum Gasteiger partial charge on any atom is 0.324 e. The summed E-state index contributed by atoms with van der Waals surface area (Å²) >= 11 is 0. The van der Waals surface area contributed by atoms with Crippen LogP contribution in [-0.2, 0) is 0 Å². The highest BCUT2D eigenvalue weighted by Crippen LogP contribution is 2.26. The molecule has 0 unspecified atom stereocenters. The second kappa shape index (κ2) is 11.9. The molecule has 1 fully saturated rings. The minimum Gasteiger partial charge on any atom is -0.493 e. The van der Waals surface area contributed by atoms with E-state index in [0.717, 1.165) is 44.6 Å². The first-order valence-corrected chi connectivity index (χ1v) is 11.5. The number of nitrogens with zero attached hydrogens (tertiary/aromatic N) is 3. The lowest BCUT2D eigenvalue weighted by Gasteiger charge is -2.30. The van der Waals surface area contributed by atoms with E-state index in [1.54, 1.807) is 6.07 Å². The molecule has 0 saturated carbocycles. The molecule has 1 aliphatic rings. The Kier molecular flexibility index (Phi) is 9.02. The van der Waals surface area contributed by atoms with Gasteiger partial charge in [-0.25, -0.2) is 4.39 Å². The van der Waals surface area contributed by atoms with Crippen molar-refractivity contribution >= 4 is 11.9 Å². The fourth-order valence-electron chi connectivity index (χ4n) is 3.70. The van der Waals surface area contributed by atoms with Gasteiger partial charge in [0.05, 0.1) is 24.9 Å². The summed E-state index contributed by atoms with van der Waals surface area (Å²) in [5.41, 5.74) is -0.138. The number of anilines is 1. The quantitative estimate of drug-likeness (QED) is 0.434. The van der Waals surface area contributed by atoms with Gasteiger partial charge in [-0.2, -0.15) is 4.98 Å². The van der Waals surface area contributed by atoms with Crippen molar-refractivity contribution < 1.29 is 28.7 Å².